The Morgan fingerprint density at radius 1 is 1.46 bits per heavy atom. The van der Waals surface area contributed by atoms with Crippen molar-refractivity contribution in [1.82, 2.24) is 15.2 Å². The van der Waals surface area contributed by atoms with Crippen molar-refractivity contribution in [2.75, 3.05) is 25.9 Å². The number of rotatable bonds is 5. The van der Waals surface area contributed by atoms with Crippen LogP contribution in [0.3, 0.4) is 0 Å². The molecular weight excluding hydrogens is 349 g/mol. The van der Waals surface area contributed by atoms with E-state index >= 15 is 0 Å². The number of aromatic nitrogens is 1. The second-order valence-corrected chi connectivity index (χ2v) is 9.13. The number of hydrogen-bond donors (Lipinski definition) is 1. The van der Waals surface area contributed by atoms with E-state index in [1.807, 2.05) is 11.4 Å². The molecule has 0 amide bonds. The first-order valence-corrected chi connectivity index (χ1v) is 10.7. The highest BCUT2D eigenvalue weighted by atomic mass is 32.2. The minimum Gasteiger partial charge on any atom is -0.314 e. The minimum absolute atomic E-state index is 0.0213. The van der Waals surface area contributed by atoms with Crippen molar-refractivity contribution in [1.29, 1.82) is 0 Å². The molecule has 5 nitrogen and oxygen atoms in total. The molecule has 0 radical (unpaired) electrons. The van der Waals surface area contributed by atoms with Gasteiger partial charge in [0.25, 0.3) is 0 Å². The van der Waals surface area contributed by atoms with Crippen molar-refractivity contribution in [2.45, 2.75) is 18.3 Å². The summed E-state index contributed by atoms with van der Waals surface area (Å²) < 4.78 is 36.3. The number of sulfone groups is 1. The number of hydrogen-bond acceptors (Lipinski definition) is 6. The highest BCUT2D eigenvalue weighted by Gasteiger charge is 2.25. The zero-order valence-corrected chi connectivity index (χ0v) is 15.0. The fraction of sp³-hybridized carbons (Fsp3) is 0.438. The highest BCUT2D eigenvalue weighted by molar-refractivity contribution is 7.90. The van der Waals surface area contributed by atoms with E-state index in [0.29, 0.717) is 11.6 Å². The molecular formula is C16H20FN3O2S2. The SMILES string of the molecule is CS(=O)(=O)Cc1nc(CN2CCNCC2c2cccc(F)c2)cs1. The maximum atomic E-state index is 13.5. The molecule has 2 aromatic rings. The van der Waals surface area contributed by atoms with Crippen LogP contribution in [-0.4, -0.2) is 44.2 Å². The fourth-order valence-corrected chi connectivity index (χ4v) is 4.90. The summed E-state index contributed by atoms with van der Waals surface area (Å²) in [5.74, 6) is -0.255. The Labute approximate surface area is 145 Å². The van der Waals surface area contributed by atoms with E-state index in [0.717, 1.165) is 30.9 Å². The molecule has 1 aromatic heterocycles. The third kappa shape index (κ3) is 4.60. The monoisotopic (exact) mass is 369 g/mol. The van der Waals surface area contributed by atoms with Gasteiger partial charge < -0.3 is 5.32 Å². The van der Waals surface area contributed by atoms with Crippen LogP contribution in [0.25, 0.3) is 0 Å². The lowest BCUT2D eigenvalue weighted by Gasteiger charge is -2.36. The molecule has 0 bridgehead atoms. The van der Waals surface area contributed by atoms with Crippen LogP contribution in [0.15, 0.2) is 29.6 Å². The molecule has 2 heterocycles. The van der Waals surface area contributed by atoms with Crippen molar-refractivity contribution in [3.8, 4) is 0 Å². The Balaban J connectivity index is 1.75. The summed E-state index contributed by atoms with van der Waals surface area (Å²) >= 11 is 1.37. The molecule has 0 saturated carbocycles. The predicted octanol–water partition coefficient (Wildman–Crippen LogP) is 1.97. The smallest absolute Gasteiger partial charge is 0.153 e. The number of nitrogens with zero attached hydrogens (tertiary/aromatic N) is 2. The molecule has 3 rings (SSSR count). The van der Waals surface area contributed by atoms with E-state index in [-0.39, 0.29) is 17.6 Å². The first kappa shape index (κ1) is 17.5. The summed E-state index contributed by atoms with van der Waals surface area (Å²) in [6.45, 7) is 3.08. The first-order valence-electron chi connectivity index (χ1n) is 7.72. The molecule has 1 unspecified atom stereocenters. The van der Waals surface area contributed by atoms with Crippen LogP contribution in [0.2, 0.25) is 0 Å². The Morgan fingerprint density at radius 2 is 2.29 bits per heavy atom. The molecule has 1 aromatic carbocycles. The summed E-state index contributed by atoms with van der Waals surface area (Å²) in [6, 6.07) is 6.76. The van der Waals surface area contributed by atoms with Crippen LogP contribution < -0.4 is 5.32 Å². The number of benzene rings is 1. The van der Waals surface area contributed by atoms with Crippen LogP contribution in [-0.2, 0) is 22.1 Å². The van der Waals surface area contributed by atoms with E-state index in [1.54, 1.807) is 12.1 Å². The van der Waals surface area contributed by atoms with Gasteiger partial charge in [-0.1, -0.05) is 12.1 Å². The van der Waals surface area contributed by atoms with Crippen LogP contribution in [0.1, 0.15) is 22.3 Å². The van der Waals surface area contributed by atoms with E-state index in [9.17, 15) is 12.8 Å². The minimum atomic E-state index is -3.07. The van der Waals surface area contributed by atoms with Crippen molar-refractivity contribution in [3.05, 3.63) is 51.7 Å². The third-order valence-corrected chi connectivity index (χ3v) is 5.82. The van der Waals surface area contributed by atoms with Crippen molar-refractivity contribution >= 4 is 21.2 Å². The summed E-state index contributed by atoms with van der Waals surface area (Å²) in [6.07, 6.45) is 1.21. The Hall–Kier alpha value is -1.35. The lowest BCUT2D eigenvalue weighted by Crippen LogP contribution is -2.45. The highest BCUT2D eigenvalue weighted by Crippen LogP contribution is 2.25. The summed E-state index contributed by atoms with van der Waals surface area (Å²) in [5, 5.41) is 5.87. The van der Waals surface area contributed by atoms with Gasteiger partial charge in [0.05, 0.1) is 5.69 Å². The standard InChI is InChI=1S/C16H20FN3O2S2/c1-24(21,22)11-16-19-14(10-23-16)9-20-6-5-18-8-15(20)12-3-2-4-13(17)7-12/h2-4,7,10,15,18H,5-6,8-9,11H2,1H3. The largest absolute Gasteiger partial charge is 0.314 e. The molecule has 0 aliphatic carbocycles. The van der Waals surface area contributed by atoms with Gasteiger partial charge >= 0.3 is 0 Å². The lowest BCUT2D eigenvalue weighted by molar-refractivity contribution is 0.152. The Bertz CT molecular complexity index is 807. The van der Waals surface area contributed by atoms with Crippen LogP contribution in [0.4, 0.5) is 4.39 Å². The van der Waals surface area contributed by atoms with Gasteiger partial charge in [0.15, 0.2) is 9.84 Å². The zero-order chi connectivity index (χ0) is 17.2. The van der Waals surface area contributed by atoms with Crippen molar-refractivity contribution < 1.29 is 12.8 Å². The van der Waals surface area contributed by atoms with Gasteiger partial charge in [0.1, 0.15) is 16.6 Å². The van der Waals surface area contributed by atoms with Crippen LogP contribution in [0, 0.1) is 5.82 Å². The van der Waals surface area contributed by atoms with Crippen molar-refractivity contribution in [2.24, 2.45) is 0 Å². The molecule has 130 valence electrons. The normalized spacial score (nSPS) is 19.5. The molecule has 1 atom stereocenters. The number of nitrogens with one attached hydrogen (secondary N) is 1. The van der Waals surface area contributed by atoms with E-state index in [1.165, 1.54) is 23.7 Å². The molecule has 0 spiro atoms. The zero-order valence-electron chi connectivity index (χ0n) is 13.4. The van der Waals surface area contributed by atoms with Gasteiger partial charge in [-0.25, -0.2) is 17.8 Å². The molecule has 8 heteroatoms. The Kier molecular flexibility index (Phi) is 5.29. The summed E-state index contributed by atoms with van der Waals surface area (Å²) in [5.41, 5.74) is 1.80. The maximum absolute atomic E-state index is 13.5. The molecule has 24 heavy (non-hydrogen) atoms. The average Bonchev–Trinajstić information content (AvgIpc) is 2.93. The Morgan fingerprint density at radius 3 is 3.04 bits per heavy atom. The van der Waals surface area contributed by atoms with E-state index < -0.39 is 9.84 Å². The van der Waals surface area contributed by atoms with E-state index in [4.69, 9.17) is 0 Å². The van der Waals surface area contributed by atoms with Crippen molar-refractivity contribution in [3.63, 3.8) is 0 Å². The lowest BCUT2D eigenvalue weighted by atomic mass is 10.0. The second kappa shape index (κ2) is 7.26. The predicted molar refractivity (Wildman–Crippen MR) is 93.1 cm³/mol. The van der Waals surface area contributed by atoms with Gasteiger partial charge in [0, 0.05) is 43.9 Å². The quantitative estimate of drug-likeness (QED) is 0.873. The van der Waals surface area contributed by atoms with E-state index in [2.05, 4.69) is 15.2 Å². The fourth-order valence-electron chi connectivity index (χ4n) is 2.90. The van der Waals surface area contributed by atoms with Gasteiger partial charge in [-0.2, -0.15) is 0 Å². The summed E-state index contributed by atoms with van der Waals surface area (Å²) in [4.78, 5) is 6.69. The molecule has 1 N–H and O–H groups in total. The molecule has 1 aliphatic rings. The van der Waals surface area contributed by atoms with Gasteiger partial charge in [-0.15, -0.1) is 11.3 Å². The topological polar surface area (TPSA) is 62.3 Å². The molecule has 1 fully saturated rings. The molecule has 1 aliphatic heterocycles. The van der Waals surface area contributed by atoms with Crippen LogP contribution in [0.5, 0.6) is 0 Å². The maximum Gasteiger partial charge on any atom is 0.153 e. The number of piperazine rings is 1. The third-order valence-electron chi connectivity index (χ3n) is 3.94. The summed E-state index contributed by atoms with van der Waals surface area (Å²) in [7, 11) is -3.07. The molecule has 1 saturated heterocycles. The first-order chi connectivity index (χ1) is 11.4. The van der Waals surface area contributed by atoms with Gasteiger partial charge in [-0.05, 0) is 17.7 Å². The number of halogens is 1. The number of thiazole rings is 1. The average molecular weight is 369 g/mol. The van der Waals surface area contributed by atoms with Crippen LogP contribution >= 0.6 is 11.3 Å². The van der Waals surface area contributed by atoms with Gasteiger partial charge in [-0.3, -0.25) is 4.90 Å². The second-order valence-electron chi connectivity index (χ2n) is 6.05. The van der Waals surface area contributed by atoms with Gasteiger partial charge in [0.2, 0.25) is 0 Å².